The third kappa shape index (κ3) is 4.85. The number of ether oxygens (including phenoxy) is 2. The van der Waals surface area contributed by atoms with Crippen molar-refractivity contribution in [1.82, 2.24) is 4.98 Å². The Labute approximate surface area is 175 Å². The van der Waals surface area contributed by atoms with Crippen LogP contribution < -0.4 is 14.8 Å². The highest BCUT2D eigenvalue weighted by molar-refractivity contribution is 5.94. The molecule has 0 unspecified atom stereocenters. The Bertz CT molecular complexity index is 1240. The van der Waals surface area contributed by atoms with Crippen LogP contribution in [0.3, 0.4) is 0 Å². The number of halogens is 4. The van der Waals surface area contributed by atoms with Crippen molar-refractivity contribution in [3.63, 3.8) is 0 Å². The summed E-state index contributed by atoms with van der Waals surface area (Å²) in [5, 5.41) is 3.63. The van der Waals surface area contributed by atoms with Gasteiger partial charge in [-0.3, -0.25) is 4.98 Å². The second-order valence-electron chi connectivity index (χ2n) is 6.67. The maximum atomic E-state index is 13.7. The van der Waals surface area contributed by atoms with E-state index < -0.39 is 6.36 Å². The largest absolute Gasteiger partial charge is 0.573 e. The molecule has 0 aliphatic heterocycles. The molecule has 1 heterocycles. The number of methoxy groups -OCH3 is 1. The number of fused-ring (bicyclic) bond motifs is 1. The number of hydrogen-bond donors (Lipinski definition) is 1. The third-order valence-corrected chi connectivity index (χ3v) is 4.53. The fourth-order valence-corrected chi connectivity index (χ4v) is 3.21. The molecule has 0 saturated heterocycles. The van der Waals surface area contributed by atoms with Gasteiger partial charge in [0.15, 0.2) is 0 Å². The highest BCUT2D eigenvalue weighted by Crippen LogP contribution is 2.34. The lowest BCUT2D eigenvalue weighted by molar-refractivity contribution is -0.274. The number of pyridine rings is 1. The first-order valence-electron chi connectivity index (χ1n) is 9.17. The van der Waals surface area contributed by atoms with Crippen molar-refractivity contribution < 1.29 is 27.0 Å². The molecule has 158 valence electrons. The van der Waals surface area contributed by atoms with Crippen LogP contribution in [0.25, 0.3) is 22.0 Å². The number of aromatic nitrogens is 1. The van der Waals surface area contributed by atoms with E-state index in [1.54, 1.807) is 42.6 Å². The summed E-state index contributed by atoms with van der Waals surface area (Å²) >= 11 is 0. The van der Waals surface area contributed by atoms with Crippen LogP contribution >= 0.6 is 0 Å². The molecule has 0 aliphatic rings. The fourth-order valence-electron chi connectivity index (χ4n) is 3.21. The molecule has 4 aromatic rings. The van der Waals surface area contributed by atoms with Crippen molar-refractivity contribution in [1.29, 1.82) is 0 Å². The van der Waals surface area contributed by atoms with Crippen LogP contribution in [0.2, 0.25) is 0 Å². The molecule has 0 saturated carbocycles. The molecule has 0 radical (unpaired) electrons. The van der Waals surface area contributed by atoms with Gasteiger partial charge in [-0.2, -0.15) is 0 Å². The Hall–Kier alpha value is -3.81. The molecular weight excluding hydrogens is 412 g/mol. The second-order valence-corrected chi connectivity index (χ2v) is 6.67. The van der Waals surface area contributed by atoms with Gasteiger partial charge >= 0.3 is 6.36 Å². The van der Waals surface area contributed by atoms with Crippen molar-refractivity contribution >= 4 is 22.3 Å². The van der Waals surface area contributed by atoms with Gasteiger partial charge in [-0.1, -0.05) is 12.1 Å². The lowest BCUT2D eigenvalue weighted by Gasteiger charge is -2.14. The lowest BCUT2D eigenvalue weighted by atomic mass is 10.0. The summed E-state index contributed by atoms with van der Waals surface area (Å²) in [4.78, 5) is 4.19. The first kappa shape index (κ1) is 20.5. The monoisotopic (exact) mass is 428 g/mol. The summed E-state index contributed by atoms with van der Waals surface area (Å²) < 4.78 is 60.9. The van der Waals surface area contributed by atoms with Crippen LogP contribution in [-0.2, 0) is 0 Å². The summed E-state index contributed by atoms with van der Waals surface area (Å²) in [5.74, 6) is -0.182. The Kier molecular flexibility index (Phi) is 5.37. The van der Waals surface area contributed by atoms with Gasteiger partial charge in [0.1, 0.15) is 17.3 Å². The van der Waals surface area contributed by atoms with Crippen molar-refractivity contribution in [2.45, 2.75) is 6.36 Å². The van der Waals surface area contributed by atoms with E-state index >= 15 is 0 Å². The van der Waals surface area contributed by atoms with Crippen molar-refractivity contribution in [2.75, 3.05) is 12.4 Å². The minimum Gasteiger partial charge on any atom is -0.497 e. The van der Waals surface area contributed by atoms with E-state index in [4.69, 9.17) is 4.74 Å². The average molecular weight is 428 g/mol. The van der Waals surface area contributed by atoms with Crippen LogP contribution in [0.5, 0.6) is 11.5 Å². The SMILES string of the molecule is COc1cc(Nc2ccnc3ccc(OC(F)(F)F)cc23)cc(-c2cccc(F)c2)c1. The van der Waals surface area contributed by atoms with Gasteiger partial charge in [0.2, 0.25) is 0 Å². The van der Waals surface area contributed by atoms with Crippen molar-refractivity contribution in [3.05, 3.63) is 78.7 Å². The van der Waals surface area contributed by atoms with E-state index in [9.17, 15) is 17.6 Å². The number of nitrogens with one attached hydrogen (secondary N) is 1. The van der Waals surface area contributed by atoms with Gasteiger partial charge in [0, 0.05) is 29.0 Å². The average Bonchev–Trinajstić information content (AvgIpc) is 2.73. The maximum absolute atomic E-state index is 13.7. The van der Waals surface area contributed by atoms with Gasteiger partial charge < -0.3 is 14.8 Å². The van der Waals surface area contributed by atoms with E-state index in [1.807, 2.05) is 0 Å². The molecule has 1 N–H and O–H groups in total. The number of alkyl halides is 3. The Morgan fingerprint density at radius 1 is 0.871 bits per heavy atom. The van der Waals surface area contributed by atoms with Gasteiger partial charge in [-0.15, -0.1) is 13.2 Å². The molecular formula is C23H16F4N2O2. The third-order valence-electron chi connectivity index (χ3n) is 4.53. The highest BCUT2D eigenvalue weighted by Gasteiger charge is 2.31. The van der Waals surface area contributed by atoms with Crippen molar-refractivity contribution in [3.8, 4) is 22.6 Å². The Morgan fingerprint density at radius 3 is 2.45 bits per heavy atom. The predicted molar refractivity (Wildman–Crippen MR) is 110 cm³/mol. The van der Waals surface area contributed by atoms with Gasteiger partial charge in [-0.05, 0) is 59.7 Å². The quantitative estimate of drug-likeness (QED) is 0.360. The second kappa shape index (κ2) is 8.14. The zero-order valence-corrected chi connectivity index (χ0v) is 16.2. The van der Waals surface area contributed by atoms with Crippen LogP contribution in [0, 0.1) is 5.82 Å². The summed E-state index contributed by atoms with van der Waals surface area (Å²) in [6.07, 6.45) is -3.25. The Morgan fingerprint density at radius 2 is 1.71 bits per heavy atom. The van der Waals surface area contributed by atoms with Crippen LogP contribution in [0.15, 0.2) is 72.9 Å². The molecule has 0 spiro atoms. The summed E-state index contributed by atoms with van der Waals surface area (Å²) in [5.41, 5.74) is 2.99. The Balaban J connectivity index is 1.74. The van der Waals surface area contributed by atoms with E-state index in [0.29, 0.717) is 39.2 Å². The van der Waals surface area contributed by atoms with E-state index in [-0.39, 0.29) is 11.6 Å². The van der Waals surface area contributed by atoms with Gasteiger partial charge in [0.05, 0.1) is 12.6 Å². The molecule has 0 fully saturated rings. The molecule has 0 atom stereocenters. The zero-order chi connectivity index (χ0) is 22.0. The summed E-state index contributed by atoms with van der Waals surface area (Å²) in [6.45, 7) is 0. The summed E-state index contributed by atoms with van der Waals surface area (Å²) in [7, 11) is 1.51. The molecule has 4 rings (SSSR count). The maximum Gasteiger partial charge on any atom is 0.573 e. The zero-order valence-electron chi connectivity index (χ0n) is 16.2. The molecule has 0 aliphatic carbocycles. The lowest BCUT2D eigenvalue weighted by Crippen LogP contribution is -2.17. The minimum absolute atomic E-state index is 0.345. The first-order valence-corrected chi connectivity index (χ1v) is 9.17. The van der Waals surface area contributed by atoms with E-state index in [1.165, 1.54) is 37.4 Å². The number of rotatable bonds is 5. The fraction of sp³-hybridized carbons (Fsp3) is 0.0870. The first-order chi connectivity index (χ1) is 14.8. The van der Waals surface area contributed by atoms with Crippen molar-refractivity contribution in [2.24, 2.45) is 0 Å². The minimum atomic E-state index is -4.80. The van der Waals surface area contributed by atoms with Crippen LogP contribution in [0.1, 0.15) is 0 Å². The number of hydrogen-bond acceptors (Lipinski definition) is 4. The van der Waals surface area contributed by atoms with E-state index in [0.717, 1.165) is 0 Å². The summed E-state index contributed by atoms with van der Waals surface area (Å²) in [6, 6.07) is 17.0. The number of anilines is 2. The topological polar surface area (TPSA) is 43.4 Å². The normalized spacial score (nSPS) is 11.4. The van der Waals surface area contributed by atoms with Gasteiger partial charge in [-0.25, -0.2) is 4.39 Å². The van der Waals surface area contributed by atoms with Crippen LogP contribution in [-0.4, -0.2) is 18.5 Å². The molecule has 4 nitrogen and oxygen atoms in total. The molecule has 1 aromatic heterocycles. The number of nitrogens with zero attached hydrogens (tertiary/aromatic N) is 1. The molecule has 31 heavy (non-hydrogen) atoms. The standard InChI is InChI=1S/C23H16F4N2O2/c1-30-19-11-15(14-3-2-4-16(24)9-14)10-17(12-19)29-22-7-8-28-21-6-5-18(13-20(21)22)31-23(25,26)27/h2-13H,1H3,(H,28,29). The van der Waals surface area contributed by atoms with Crippen LogP contribution in [0.4, 0.5) is 28.9 Å². The van der Waals surface area contributed by atoms with Gasteiger partial charge in [0.25, 0.3) is 0 Å². The molecule has 3 aromatic carbocycles. The van der Waals surface area contributed by atoms with E-state index in [2.05, 4.69) is 15.0 Å². The highest BCUT2D eigenvalue weighted by atomic mass is 19.4. The predicted octanol–water partition coefficient (Wildman–Crippen LogP) is 6.69. The molecule has 0 bridgehead atoms. The number of benzene rings is 3. The molecule has 0 amide bonds. The smallest absolute Gasteiger partial charge is 0.497 e. The molecule has 8 heteroatoms.